The molecule has 12 heteroatoms. The first kappa shape index (κ1) is 25.3. The number of amides is 2. The Morgan fingerprint density at radius 2 is 1.58 bits per heavy atom. The molecule has 2 aromatic carbocycles. The van der Waals surface area contributed by atoms with Gasteiger partial charge in [0.15, 0.2) is 5.76 Å². The fourth-order valence-corrected chi connectivity index (χ4v) is 4.39. The smallest absolute Gasteiger partial charge is 0.359 e. The van der Waals surface area contributed by atoms with Crippen LogP contribution in [0.15, 0.2) is 47.0 Å². The summed E-state index contributed by atoms with van der Waals surface area (Å²) in [4.78, 5) is 27.6. The number of likely N-dealkylation sites (N-methyl/N-ethyl adjacent to an activating group) is 1. The minimum atomic E-state index is -5.10. The van der Waals surface area contributed by atoms with Crippen LogP contribution in [0.1, 0.15) is 56.0 Å². The second-order valence-corrected chi connectivity index (χ2v) is 8.45. The van der Waals surface area contributed by atoms with E-state index < -0.39 is 52.8 Å². The quantitative estimate of drug-likeness (QED) is 0.446. The maximum Gasteiger partial charge on any atom is 0.416 e. The van der Waals surface area contributed by atoms with E-state index in [4.69, 9.17) is 4.52 Å². The molecule has 0 spiro atoms. The molecular weight excluding hydrogens is 492 g/mol. The SMILES string of the molecule is Cc1noc(C)c1NC(=O)C1c2ccccc2C(=O)N(C)C1c1cc(C(F)(F)F)cc(C(F)(F)F)c1. The van der Waals surface area contributed by atoms with Crippen molar-refractivity contribution in [1.29, 1.82) is 0 Å². The van der Waals surface area contributed by atoms with Gasteiger partial charge in [-0.3, -0.25) is 9.59 Å². The van der Waals surface area contributed by atoms with E-state index in [0.717, 1.165) is 4.90 Å². The van der Waals surface area contributed by atoms with Gasteiger partial charge in [0.05, 0.1) is 23.1 Å². The van der Waals surface area contributed by atoms with E-state index in [1.54, 1.807) is 13.0 Å². The molecule has 2 amide bonds. The van der Waals surface area contributed by atoms with E-state index >= 15 is 0 Å². The van der Waals surface area contributed by atoms with E-state index in [0.29, 0.717) is 17.8 Å². The minimum absolute atomic E-state index is 0.00103. The third-order valence-corrected chi connectivity index (χ3v) is 6.10. The van der Waals surface area contributed by atoms with Crippen molar-refractivity contribution in [3.05, 3.63) is 81.7 Å². The number of carbonyl (C=O) groups excluding carboxylic acids is 2. The Kier molecular flexibility index (Phi) is 6.09. The zero-order valence-electron chi connectivity index (χ0n) is 19.1. The molecule has 6 nitrogen and oxygen atoms in total. The highest BCUT2D eigenvalue weighted by atomic mass is 19.4. The highest BCUT2D eigenvalue weighted by Gasteiger charge is 2.45. The van der Waals surface area contributed by atoms with Crippen LogP contribution >= 0.6 is 0 Å². The Labute approximate surface area is 200 Å². The lowest BCUT2D eigenvalue weighted by molar-refractivity contribution is -0.143. The van der Waals surface area contributed by atoms with Crippen molar-refractivity contribution >= 4 is 17.5 Å². The predicted octanol–water partition coefficient (Wildman–Crippen LogP) is 5.88. The van der Waals surface area contributed by atoms with Crippen molar-refractivity contribution in [3.63, 3.8) is 0 Å². The van der Waals surface area contributed by atoms with E-state index in [1.165, 1.54) is 32.2 Å². The Bertz CT molecular complexity index is 1290. The number of alkyl halides is 6. The molecule has 2 atom stereocenters. The number of halogens is 6. The molecule has 0 aliphatic carbocycles. The molecule has 2 heterocycles. The average molecular weight is 511 g/mol. The topological polar surface area (TPSA) is 75.4 Å². The van der Waals surface area contributed by atoms with Crippen LogP contribution in [-0.2, 0) is 17.1 Å². The van der Waals surface area contributed by atoms with Gasteiger partial charge in [-0.1, -0.05) is 23.4 Å². The Morgan fingerprint density at radius 3 is 2.11 bits per heavy atom. The van der Waals surface area contributed by atoms with Gasteiger partial charge in [0.2, 0.25) is 5.91 Å². The molecule has 4 rings (SSSR count). The molecule has 2 unspecified atom stereocenters. The van der Waals surface area contributed by atoms with Crippen LogP contribution in [0.2, 0.25) is 0 Å². The van der Waals surface area contributed by atoms with Gasteiger partial charge in [-0.2, -0.15) is 26.3 Å². The summed E-state index contributed by atoms with van der Waals surface area (Å²) < 4.78 is 86.4. The molecule has 1 N–H and O–H groups in total. The maximum atomic E-state index is 13.6. The summed E-state index contributed by atoms with van der Waals surface area (Å²) in [6.45, 7) is 3.08. The third kappa shape index (κ3) is 4.42. The van der Waals surface area contributed by atoms with Gasteiger partial charge in [0.25, 0.3) is 5.91 Å². The first-order valence-electron chi connectivity index (χ1n) is 10.6. The Morgan fingerprint density at radius 1 is 1.00 bits per heavy atom. The molecule has 190 valence electrons. The van der Waals surface area contributed by atoms with E-state index in [2.05, 4.69) is 10.5 Å². The molecule has 0 fully saturated rings. The number of aryl methyl sites for hydroxylation is 2. The summed E-state index contributed by atoms with van der Waals surface area (Å²) in [6, 6.07) is 5.55. The number of carbonyl (C=O) groups is 2. The first-order chi connectivity index (χ1) is 16.7. The zero-order valence-corrected chi connectivity index (χ0v) is 19.1. The van der Waals surface area contributed by atoms with Gasteiger partial charge in [-0.25, -0.2) is 0 Å². The summed E-state index contributed by atoms with van der Waals surface area (Å²) >= 11 is 0. The van der Waals surface area contributed by atoms with Gasteiger partial charge >= 0.3 is 12.4 Å². The molecule has 1 aromatic heterocycles. The Hall–Kier alpha value is -3.83. The van der Waals surface area contributed by atoms with Gasteiger partial charge in [0, 0.05) is 12.6 Å². The van der Waals surface area contributed by atoms with E-state index in [-0.39, 0.29) is 28.6 Å². The first-order valence-corrected chi connectivity index (χ1v) is 10.6. The largest absolute Gasteiger partial charge is 0.416 e. The van der Waals surface area contributed by atoms with Gasteiger partial charge < -0.3 is 14.7 Å². The average Bonchev–Trinajstić information content (AvgIpc) is 3.11. The molecule has 0 saturated carbocycles. The molecule has 0 saturated heterocycles. The van der Waals surface area contributed by atoms with Crippen LogP contribution in [0, 0.1) is 13.8 Å². The summed E-state index contributed by atoms with van der Waals surface area (Å²) in [5, 5.41) is 6.35. The monoisotopic (exact) mass is 511 g/mol. The standard InChI is InChI=1S/C24H19F6N3O3/c1-11-19(12(2)36-32-11)31-21(34)18-16-6-4-5-7-17(16)22(35)33(3)20(18)13-8-14(23(25,26)27)10-15(9-13)24(28,29)30/h4-10,18,20H,1-3H3,(H,31,34). The molecule has 1 aliphatic heterocycles. The van der Waals surface area contributed by atoms with E-state index in [9.17, 15) is 35.9 Å². The predicted molar refractivity (Wildman–Crippen MR) is 115 cm³/mol. The molecule has 0 bridgehead atoms. The van der Waals surface area contributed by atoms with Gasteiger partial charge in [-0.05, 0) is 49.2 Å². The zero-order chi connectivity index (χ0) is 26.6. The fraction of sp³-hybridized carbons (Fsp3) is 0.292. The third-order valence-electron chi connectivity index (χ3n) is 6.10. The fourth-order valence-electron chi connectivity index (χ4n) is 4.39. The number of benzene rings is 2. The lowest BCUT2D eigenvalue weighted by atomic mass is 9.78. The molecule has 3 aromatic rings. The lowest BCUT2D eigenvalue weighted by Crippen LogP contribution is -2.44. The second-order valence-electron chi connectivity index (χ2n) is 8.45. The van der Waals surface area contributed by atoms with Crippen molar-refractivity contribution < 1.29 is 40.5 Å². The van der Waals surface area contributed by atoms with Crippen LogP contribution in [-0.4, -0.2) is 28.9 Å². The minimum Gasteiger partial charge on any atom is -0.359 e. The van der Waals surface area contributed by atoms with Crippen LogP contribution in [0.3, 0.4) is 0 Å². The summed E-state index contributed by atoms with van der Waals surface area (Å²) in [7, 11) is 1.23. The maximum absolute atomic E-state index is 13.6. The summed E-state index contributed by atoms with van der Waals surface area (Å²) in [5.74, 6) is -2.50. The van der Waals surface area contributed by atoms with Crippen LogP contribution in [0.4, 0.5) is 32.0 Å². The van der Waals surface area contributed by atoms with Crippen molar-refractivity contribution in [1.82, 2.24) is 10.1 Å². The molecule has 1 aliphatic rings. The van der Waals surface area contributed by atoms with Crippen molar-refractivity contribution in [2.24, 2.45) is 0 Å². The molecular formula is C24H19F6N3O3. The number of anilines is 1. The number of hydrogen-bond donors (Lipinski definition) is 1. The number of nitrogens with zero attached hydrogens (tertiary/aromatic N) is 2. The van der Waals surface area contributed by atoms with Crippen LogP contribution < -0.4 is 5.32 Å². The number of hydrogen-bond acceptors (Lipinski definition) is 4. The summed E-state index contributed by atoms with van der Waals surface area (Å²) in [6.07, 6.45) is -10.2. The molecule has 36 heavy (non-hydrogen) atoms. The van der Waals surface area contributed by atoms with Crippen LogP contribution in [0.25, 0.3) is 0 Å². The Balaban J connectivity index is 1.93. The van der Waals surface area contributed by atoms with Crippen molar-refractivity contribution in [2.75, 3.05) is 12.4 Å². The number of aromatic nitrogens is 1. The summed E-state index contributed by atoms with van der Waals surface area (Å²) in [5.41, 5.74) is -2.76. The van der Waals surface area contributed by atoms with Crippen molar-refractivity contribution in [3.8, 4) is 0 Å². The number of rotatable bonds is 3. The normalized spacial score (nSPS) is 18.2. The highest BCUT2D eigenvalue weighted by Crippen LogP contribution is 2.45. The van der Waals surface area contributed by atoms with Gasteiger partial charge in [-0.15, -0.1) is 0 Å². The van der Waals surface area contributed by atoms with E-state index in [1.807, 2.05) is 0 Å². The van der Waals surface area contributed by atoms with Crippen molar-refractivity contribution in [2.45, 2.75) is 38.2 Å². The highest BCUT2D eigenvalue weighted by molar-refractivity contribution is 6.04. The number of fused-ring (bicyclic) bond motifs is 1. The second kappa shape index (κ2) is 8.68. The van der Waals surface area contributed by atoms with Crippen LogP contribution in [0.5, 0.6) is 0 Å². The lowest BCUT2D eigenvalue weighted by Gasteiger charge is -2.40. The van der Waals surface area contributed by atoms with Gasteiger partial charge in [0.1, 0.15) is 11.4 Å². The number of nitrogens with one attached hydrogen (secondary N) is 1. The molecule has 0 radical (unpaired) electrons.